The maximum absolute atomic E-state index is 12.5. The number of nitrogens with zero attached hydrogens (tertiary/aromatic N) is 3. The fraction of sp³-hybridized carbons (Fsp3) is 0.240. The minimum Gasteiger partial charge on any atom is -0.495 e. The molecule has 168 valence electrons. The zero-order chi connectivity index (χ0) is 23.2. The van der Waals surface area contributed by atoms with Crippen LogP contribution in [0, 0.1) is 11.3 Å². The molecule has 1 aromatic heterocycles. The SMILES string of the molecule is COc1ccc(Cl)cc1NC(=O)CSc1nc2c(cc1C#N)CN(Cc1ccccc1)CC2. The van der Waals surface area contributed by atoms with Gasteiger partial charge < -0.3 is 10.1 Å². The van der Waals surface area contributed by atoms with Crippen LogP contribution in [0.25, 0.3) is 0 Å². The molecule has 4 rings (SSSR count). The Morgan fingerprint density at radius 3 is 2.85 bits per heavy atom. The van der Waals surface area contributed by atoms with Gasteiger partial charge in [-0.05, 0) is 35.4 Å². The summed E-state index contributed by atoms with van der Waals surface area (Å²) in [5.41, 5.74) is 4.34. The number of ether oxygens (including phenoxy) is 1. The third kappa shape index (κ3) is 5.85. The summed E-state index contributed by atoms with van der Waals surface area (Å²) in [4.78, 5) is 19.6. The van der Waals surface area contributed by atoms with Gasteiger partial charge in [0.05, 0.1) is 24.1 Å². The number of pyridine rings is 1. The summed E-state index contributed by atoms with van der Waals surface area (Å²) in [6, 6.07) is 19.5. The van der Waals surface area contributed by atoms with Crippen molar-refractivity contribution in [2.45, 2.75) is 24.5 Å². The number of hydrogen-bond acceptors (Lipinski definition) is 6. The van der Waals surface area contributed by atoms with Crippen LogP contribution in [-0.4, -0.2) is 35.2 Å². The molecule has 0 spiro atoms. The van der Waals surface area contributed by atoms with Crippen LogP contribution in [-0.2, 0) is 24.3 Å². The van der Waals surface area contributed by atoms with E-state index in [0.717, 1.165) is 37.3 Å². The summed E-state index contributed by atoms with van der Waals surface area (Å²) in [5, 5.41) is 13.6. The number of fused-ring (bicyclic) bond motifs is 1. The molecule has 1 N–H and O–H groups in total. The molecule has 0 fully saturated rings. The van der Waals surface area contributed by atoms with E-state index in [1.165, 1.54) is 24.4 Å². The summed E-state index contributed by atoms with van der Waals surface area (Å²) < 4.78 is 5.27. The molecule has 1 amide bonds. The van der Waals surface area contributed by atoms with E-state index in [2.05, 4.69) is 28.4 Å². The maximum atomic E-state index is 12.5. The fourth-order valence-corrected chi connectivity index (χ4v) is 4.72. The molecule has 0 saturated heterocycles. The summed E-state index contributed by atoms with van der Waals surface area (Å²) in [5.74, 6) is 0.427. The number of nitrogens with one attached hydrogen (secondary N) is 1. The molecule has 8 heteroatoms. The van der Waals surface area contributed by atoms with Crippen molar-refractivity contribution in [3.8, 4) is 11.8 Å². The van der Waals surface area contributed by atoms with E-state index in [4.69, 9.17) is 21.3 Å². The first-order valence-electron chi connectivity index (χ1n) is 10.5. The standard InChI is InChI=1S/C25H23ClN4O2S/c1-32-23-8-7-20(26)12-22(23)28-24(31)16-33-25-18(13-27)11-19-15-30(10-9-21(19)29-25)14-17-5-3-2-4-6-17/h2-8,11-12H,9-10,14-16H2,1H3,(H,28,31). The first-order valence-corrected chi connectivity index (χ1v) is 11.9. The highest BCUT2D eigenvalue weighted by Gasteiger charge is 2.21. The number of halogens is 1. The van der Waals surface area contributed by atoms with E-state index in [-0.39, 0.29) is 11.7 Å². The number of aromatic nitrogens is 1. The Morgan fingerprint density at radius 1 is 1.27 bits per heavy atom. The molecule has 0 radical (unpaired) electrons. The third-order valence-electron chi connectivity index (χ3n) is 5.36. The van der Waals surface area contributed by atoms with Crippen LogP contribution in [0.2, 0.25) is 5.02 Å². The molecule has 3 aromatic rings. The van der Waals surface area contributed by atoms with Gasteiger partial charge in [-0.2, -0.15) is 5.26 Å². The van der Waals surface area contributed by atoms with Gasteiger partial charge in [0, 0.05) is 36.8 Å². The summed E-state index contributed by atoms with van der Waals surface area (Å²) in [7, 11) is 1.53. The highest BCUT2D eigenvalue weighted by atomic mass is 35.5. The summed E-state index contributed by atoms with van der Waals surface area (Å²) in [6.45, 7) is 2.53. The highest BCUT2D eigenvalue weighted by Crippen LogP contribution is 2.29. The van der Waals surface area contributed by atoms with Gasteiger partial charge in [-0.15, -0.1) is 0 Å². The van der Waals surface area contributed by atoms with Gasteiger partial charge in [-0.25, -0.2) is 4.98 Å². The average molecular weight is 479 g/mol. The lowest BCUT2D eigenvalue weighted by Gasteiger charge is -2.28. The number of anilines is 1. The van der Waals surface area contributed by atoms with Gasteiger partial charge in [0.1, 0.15) is 16.8 Å². The molecule has 0 atom stereocenters. The lowest BCUT2D eigenvalue weighted by molar-refractivity contribution is -0.113. The Labute approximate surface area is 202 Å². The Hall–Kier alpha value is -3.05. The molecular weight excluding hydrogens is 456 g/mol. The van der Waals surface area contributed by atoms with Crippen molar-refractivity contribution in [2.24, 2.45) is 0 Å². The van der Waals surface area contributed by atoms with E-state index < -0.39 is 0 Å². The second-order valence-electron chi connectivity index (χ2n) is 7.69. The Kier molecular flexibility index (Phi) is 7.50. The molecule has 1 aliphatic rings. The number of nitriles is 1. The van der Waals surface area contributed by atoms with E-state index in [1.54, 1.807) is 18.2 Å². The fourth-order valence-electron chi connectivity index (χ4n) is 3.78. The van der Waals surface area contributed by atoms with E-state index in [0.29, 0.717) is 27.0 Å². The normalized spacial score (nSPS) is 13.1. The van der Waals surface area contributed by atoms with Crippen molar-refractivity contribution in [1.29, 1.82) is 5.26 Å². The van der Waals surface area contributed by atoms with Crippen molar-refractivity contribution in [2.75, 3.05) is 24.7 Å². The van der Waals surface area contributed by atoms with Crippen molar-refractivity contribution in [3.63, 3.8) is 0 Å². The summed E-state index contributed by atoms with van der Waals surface area (Å²) >= 11 is 7.29. The second-order valence-corrected chi connectivity index (χ2v) is 9.09. The zero-order valence-corrected chi connectivity index (χ0v) is 19.7. The maximum Gasteiger partial charge on any atom is 0.234 e. The number of benzene rings is 2. The molecule has 1 aliphatic heterocycles. The van der Waals surface area contributed by atoms with Crippen LogP contribution in [0.1, 0.15) is 22.4 Å². The van der Waals surface area contributed by atoms with Crippen LogP contribution in [0.15, 0.2) is 59.6 Å². The molecule has 2 aromatic carbocycles. The lowest BCUT2D eigenvalue weighted by Crippen LogP contribution is -2.31. The van der Waals surface area contributed by atoms with E-state index >= 15 is 0 Å². The molecule has 33 heavy (non-hydrogen) atoms. The summed E-state index contributed by atoms with van der Waals surface area (Å²) in [6.07, 6.45) is 0.813. The number of amides is 1. The van der Waals surface area contributed by atoms with Gasteiger partial charge in [-0.3, -0.25) is 9.69 Å². The number of thioether (sulfide) groups is 1. The molecule has 6 nitrogen and oxygen atoms in total. The number of hydrogen-bond donors (Lipinski definition) is 1. The monoisotopic (exact) mass is 478 g/mol. The van der Waals surface area contributed by atoms with Crippen LogP contribution in [0.5, 0.6) is 5.75 Å². The molecule has 0 unspecified atom stereocenters. The van der Waals surface area contributed by atoms with Crippen molar-refractivity contribution in [1.82, 2.24) is 9.88 Å². The minimum atomic E-state index is -0.224. The smallest absolute Gasteiger partial charge is 0.234 e. The van der Waals surface area contributed by atoms with Crippen molar-refractivity contribution in [3.05, 3.63) is 82.0 Å². The van der Waals surface area contributed by atoms with Crippen LogP contribution in [0.4, 0.5) is 5.69 Å². The van der Waals surface area contributed by atoms with Crippen LogP contribution >= 0.6 is 23.4 Å². The topological polar surface area (TPSA) is 78.2 Å². The number of methoxy groups -OCH3 is 1. The molecule has 0 saturated carbocycles. The Balaban J connectivity index is 1.42. The average Bonchev–Trinajstić information content (AvgIpc) is 2.83. The van der Waals surface area contributed by atoms with Crippen LogP contribution in [0.3, 0.4) is 0 Å². The zero-order valence-electron chi connectivity index (χ0n) is 18.2. The minimum absolute atomic E-state index is 0.121. The quantitative estimate of drug-likeness (QED) is 0.486. The largest absolute Gasteiger partial charge is 0.495 e. The van der Waals surface area contributed by atoms with Crippen molar-refractivity contribution >= 4 is 35.0 Å². The van der Waals surface area contributed by atoms with E-state index in [9.17, 15) is 10.1 Å². The van der Waals surface area contributed by atoms with E-state index in [1.807, 2.05) is 24.3 Å². The van der Waals surface area contributed by atoms with Gasteiger partial charge in [-0.1, -0.05) is 53.7 Å². The number of rotatable bonds is 7. The number of carbonyl (C=O) groups is 1. The molecule has 0 aliphatic carbocycles. The highest BCUT2D eigenvalue weighted by molar-refractivity contribution is 8.00. The van der Waals surface area contributed by atoms with Gasteiger partial charge in [0.25, 0.3) is 0 Å². The third-order valence-corrected chi connectivity index (χ3v) is 6.59. The Morgan fingerprint density at radius 2 is 2.09 bits per heavy atom. The van der Waals surface area contributed by atoms with Gasteiger partial charge in [0.2, 0.25) is 5.91 Å². The van der Waals surface area contributed by atoms with Gasteiger partial charge in [0.15, 0.2) is 0 Å². The molecular formula is C25H23ClN4O2S. The predicted molar refractivity (Wildman–Crippen MR) is 131 cm³/mol. The lowest BCUT2D eigenvalue weighted by atomic mass is 10.0. The number of carbonyl (C=O) groups excluding carboxylic acids is 1. The Bertz CT molecular complexity index is 1200. The van der Waals surface area contributed by atoms with Crippen LogP contribution < -0.4 is 10.1 Å². The predicted octanol–water partition coefficient (Wildman–Crippen LogP) is 4.90. The molecule has 2 heterocycles. The molecule has 0 bridgehead atoms. The first kappa shape index (κ1) is 23.1. The second kappa shape index (κ2) is 10.7. The van der Waals surface area contributed by atoms with Gasteiger partial charge >= 0.3 is 0 Å². The van der Waals surface area contributed by atoms with Crippen molar-refractivity contribution < 1.29 is 9.53 Å². The first-order chi connectivity index (χ1) is 16.1.